The van der Waals surface area contributed by atoms with E-state index in [0.717, 1.165) is 19.3 Å². The summed E-state index contributed by atoms with van der Waals surface area (Å²) in [6, 6.07) is 6.53. The Kier molecular flexibility index (Phi) is 3.80. The Morgan fingerprint density at radius 1 is 1.26 bits per heavy atom. The minimum Gasteiger partial charge on any atom is -0.329 e. The number of nitrogens with zero attached hydrogens (tertiary/aromatic N) is 1. The van der Waals surface area contributed by atoms with E-state index in [1.807, 2.05) is 0 Å². The summed E-state index contributed by atoms with van der Waals surface area (Å²) in [7, 11) is -3.54. The van der Waals surface area contributed by atoms with E-state index in [2.05, 4.69) is 26.1 Å². The predicted molar refractivity (Wildman–Crippen MR) is 89.5 cm³/mol. The Hall–Kier alpha value is -1.40. The average Bonchev–Trinajstić information content (AvgIpc) is 2.69. The fourth-order valence-corrected chi connectivity index (χ4v) is 6.46. The fourth-order valence-electron chi connectivity index (χ4n) is 4.64. The van der Waals surface area contributed by atoms with Crippen molar-refractivity contribution in [1.29, 1.82) is 0 Å². The third-order valence-electron chi connectivity index (χ3n) is 5.03. The van der Waals surface area contributed by atoms with E-state index in [1.54, 1.807) is 22.5 Å². The standard InChI is InChI=1S/C17H24N2O3S/c1-16(2)8-14-9-17(3,10-16)11-19(14)23(21,22)15-6-4-5-13(7-15)18-12-20/h4-7,12,14H,8-11H2,1-3H3,(H,18,20). The molecule has 2 bridgehead atoms. The van der Waals surface area contributed by atoms with Crippen LogP contribution in [0.2, 0.25) is 0 Å². The molecule has 2 atom stereocenters. The van der Waals surface area contributed by atoms with E-state index in [1.165, 1.54) is 6.07 Å². The molecule has 6 heteroatoms. The maximum atomic E-state index is 13.1. The molecule has 126 valence electrons. The second-order valence-electron chi connectivity index (χ2n) is 8.05. The predicted octanol–water partition coefficient (Wildman–Crippen LogP) is 2.84. The summed E-state index contributed by atoms with van der Waals surface area (Å²) < 4.78 is 27.9. The van der Waals surface area contributed by atoms with Gasteiger partial charge in [0.05, 0.1) is 4.90 Å². The molecule has 5 nitrogen and oxygen atoms in total. The number of carbonyl (C=O) groups excluding carboxylic acids is 1. The van der Waals surface area contributed by atoms with Crippen LogP contribution in [0.25, 0.3) is 0 Å². The van der Waals surface area contributed by atoms with Crippen LogP contribution in [0.4, 0.5) is 5.69 Å². The summed E-state index contributed by atoms with van der Waals surface area (Å²) in [4.78, 5) is 10.8. The largest absolute Gasteiger partial charge is 0.329 e. The molecule has 2 unspecified atom stereocenters. The molecule has 0 spiro atoms. The third-order valence-corrected chi connectivity index (χ3v) is 6.93. The van der Waals surface area contributed by atoms with Gasteiger partial charge in [0.2, 0.25) is 16.4 Å². The molecule has 0 aromatic heterocycles. The van der Waals surface area contributed by atoms with Crippen LogP contribution in [0.1, 0.15) is 40.0 Å². The van der Waals surface area contributed by atoms with Gasteiger partial charge in [0.15, 0.2) is 0 Å². The monoisotopic (exact) mass is 336 g/mol. The zero-order valence-corrected chi connectivity index (χ0v) is 14.7. The number of amides is 1. The van der Waals surface area contributed by atoms with Gasteiger partial charge in [-0.3, -0.25) is 4.79 Å². The first-order valence-corrected chi connectivity index (χ1v) is 9.41. The maximum absolute atomic E-state index is 13.1. The summed E-state index contributed by atoms with van der Waals surface area (Å²) in [5, 5.41) is 2.51. The van der Waals surface area contributed by atoms with Gasteiger partial charge < -0.3 is 5.32 Å². The highest BCUT2D eigenvalue weighted by Gasteiger charge is 2.53. The lowest BCUT2D eigenvalue weighted by molar-refractivity contribution is -0.105. The summed E-state index contributed by atoms with van der Waals surface area (Å²) in [5.41, 5.74) is 0.718. The van der Waals surface area contributed by atoms with Crippen LogP contribution < -0.4 is 5.32 Å². The van der Waals surface area contributed by atoms with E-state index in [9.17, 15) is 13.2 Å². The number of benzene rings is 1. The molecular formula is C17H24N2O3S. The Labute approximate surface area is 138 Å². The first-order valence-electron chi connectivity index (χ1n) is 7.97. The zero-order chi connectivity index (χ0) is 16.9. The van der Waals surface area contributed by atoms with Crippen LogP contribution in [-0.4, -0.2) is 31.7 Å². The summed E-state index contributed by atoms with van der Waals surface area (Å²) in [6.45, 7) is 7.22. The van der Waals surface area contributed by atoms with Crippen LogP contribution in [0, 0.1) is 10.8 Å². The maximum Gasteiger partial charge on any atom is 0.243 e. The van der Waals surface area contributed by atoms with Gasteiger partial charge in [0, 0.05) is 18.3 Å². The normalized spacial score (nSPS) is 30.1. The Balaban J connectivity index is 1.95. The van der Waals surface area contributed by atoms with Crippen molar-refractivity contribution in [3.8, 4) is 0 Å². The SMILES string of the molecule is CC1(C)CC2CC(C)(CN2S(=O)(=O)c2cccc(NC=O)c2)C1. The van der Waals surface area contributed by atoms with Crippen molar-refractivity contribution in [2.24, 2.45) is 10.8 Å². The first-order chi connectivity index (χ1) is 10.7. The molecule has 23 heavy (non-hydrogen) atoms. The lowest BCUT2D eigenvalue weighted by Gasteiger charge is -2.39. The molecule has 2 fully saturated rings. The van der Waals surface area contributed by atoms with Crippen molar-refractivity contribution >= 4 is 22.1 Å². The van der Waals surface area contributed by atoms with Gasteiger partial charge in [-0.05, 0) is 48.3 Å². The molecular weight excluding hydrogens is 312 g/mol. The van der Waals surface area contributed by atoms with E-state index in [0.29, 0.717) is 18.6 Å². The van der Waals surface area contributed by atoms with Crippen LogP contribution in [0.15, 0.2) is 29.2 Å². The lowest BCUT2D eigenvalue weighted by atomic mass is 9.65. The second-order valence-corrected chi connectivity index (χ2v) is 9.94. The van der Waals surface area contributed by atoms with Crippen molar-refractivity contribution < 1.29 is 13.2 Å². The summed E-state index contributed by atoms with van der Waals surface area (Å²) in [6.07, 6.45) is 3.43. The molecule has 1 saturated carbocycles. The van der Waals surface area contributed by atoms with E-state index in [-0.39, 0.29) is 21.8 Å². The molecule has 1 aromatic rings. The molecule has 1 aliphatic heterocycles. The number of hydrogen-bond donors (Lipinski definition) is 1. The number of hydrogen-bond acceptors (Lipinski definition) is 3. The fraction of sp³-hybridized carbons (Fsp3) is 0.588. The molecule has 1 amide bonds. The van der Waals surface area contributed by atoms with Crippen molar-refractivity contribution in [2.45, 2.75) is 51.0 Å². The van der Waals surface area contributed by atoms with Crippen LogP contribution in [-0.2, 0) is 14.8 Å². The van der Waals surface area contributed by atoms with E-state index in [4.69, 9.17) is 0 Å². The number of anilines is 1. The minimum absolute atomic E-state index is 0.0537. The average molecular weight is 336 g/mol. The van der Waals surface area contributed by atoms with E-state index < -0.39 is 10.0 Å². The topological polar surface area (TPSA) is 66.5 Å². The van der Waals surface area contributed by atoms with Gasteiger partial charge in [-0.2, -0.15) is 4.31 Å². The van der Waals surface area contributed by atoms with Gasteiger partial charge in [0.1, 0.15) is 0 Å². The Morgan fingerprint density at radius 3 is 2.70 bits per heavy atom. The molecule has 0 radical (unpaired) electrons. The minimum atomic E-state index is -3.54. The third kappa shape index (κ3) is 3.02. The van der Waals surface area contributed by atoms with Crippen molar-refractivity contribution in [3.63, 3.8) is 0 Å². The Morgan fingerprint density at radius 2 is 2.00 bits per heavy atom. The van der Waals surface area contributed by atoms with Gasteiger partial charge in [-0.15, -0.1) is 0 Å². The number of carbonyl (C=O) groups is 1. The molecule has 3 rings (SSSR count). The smallest absolute Gasteiger partial charge is 0.243 e. The van der Waals surface area contributed by atoms with Gasteiger partial charge in [0.25, 0.3) is 0 Å². The number of nitrogens with one attached hydrogen (secondary N) is 1. The van der Waals surface area contributed by atoms with Crippen LogP contribution >= 0.6 is 0 Å². The van der Waals surface area contributed by atoms with Crippen LogP contribution in [0.5, 0.6) is 0 Å². The highest BCUT2D eigenvalue weighted by atomic mass is 32.2. The molecule has 2 aliphatic rings. The van der Waals surface area contributed by atoms with Gasteiger partial charge >= 0.3 is 0 Å². The molecule has 1 heterocycles. The van der Waals surface area contributed by atoms with Crippen molar-refractivity contribution in [1.82, 2.24) is 4.31 Å². The number of rotatable bonds is 4. The van der Waals surface area contributed by atoms with Crippen LogP contribution in [0.3, 0.4) is 0 Å². The van der Waals surface area contributed by atoms with Gasteiger partial charge in [-0.25, -0.2) is 8.42 Å². The number of sulfonamides is 1. The van der Waals surface area contributed by atoms with Crippen molar-refractivity contribution in [3.05, 3.63) is 24.3 Å². The quantitative estimate of drug-likeness (QED) is 0.860. The van der Waals surface area contributed by atoms with E-state index >= 15 is 0 Å². The molecule has 1 saturated heterocycles. The highest BCUT2D eigenvalue weighted by Crippen LogP contribution is 2.53. The lowest BCUT2D eigenvalue weighted by Crippen LogP contribution is -2.37. The molecule has 1 aliphatic carbocycles. The molecule has 1 aromatic carbocycles. The molecule has 1 N–H and O–H groups in total. The van der Waals surface area contributed by atoms with Gasteiger partial charge in [-0.1, -0.05) is 26.8 Å². The second kappa shape index (κ2) is 5.31. The first kappa shape index (κ1) is 16.5. The van der Waals surface area contributed by atoms with Crippen molar-refractivity contribution in [2.75, 3.05) is 11.9 Å². The summed E-state index contributed by atoms with van der Waals surface area (Å²) >= 11 is 0. The highest BCUT2D eigenvalue weighted by molar-refractivity contribution is 7.89. The summed E-state index contributed by atoms with van der Waals surface area (Å²) in [5.74, 6) is 0. The Bertz CT molecular complexity index is 729. The zero-order valence-electron chi connectivity index (χ0n) is 13.9. The number of fused-ring (bicyclic) bond motifs is 2.